The third kappa shape index (κ3) is 4.29. The van der Waals surface area contributed by atoms with E-state index in [-0.39, 0.29) is 11.9 Å². The average molecular weight is 306 g/mol. The number of likely N-dealkylation sites (N-methyl/N-ethyl adjacent to an activating group) is 1. The standard InChI is InChI=1S/C18H21ClFN/c1-3-13-5-7-14(8-6-13)18(21-4-2)12-15-11-16(20)9-10-17(15)19/h5-11,18,21H,3-4,12H2,1-2H3. The summed E-state index contributed by atoms with van der Waals surface area (Å²) in [7, 11) is 0. The van der Waals surface area contributed by atoms with Crippen molar-refractivity contribution in [2.24, 2.45) is 0 Å². The van der Waals surface area contributed by atoms with Crippen molar-refractivity contribution in [3.8, 4) is 0 Å². The number of halogens is 2. The molecule has 0 aliphatic rings. The summed E-state index contributed by atoms with van der Waals surface area (Å²) in [4.78, 5) is 0. The summed E-state index contributed by atoms with van der Waals surface area (Å²) >= 11 is 6.18. The molecular weight excluding hydrogens is 285 g/mol. The molecule has 0 heterocycles. The Hall–Kier alpha value is -1.38. The average Bonchev–Trinajstić information content (AvgIpc) is 2.50. The van der Waals surface area contributed by atoms with Gasteiger partial charge in [-0.1, -0.05) is 49.7 Å². The van der Waals surface area contributed by atoms with E-state index in [0.29, 0.717) is 11.4 Å². The Morgan fingerprint density at radius 2 is 1.81 bits per heavy atom. The summed E-state index contributed by atoms with van der Waals surface area (Å²) in [5, 5.41) is 4.07. The number of benzene rings is 2. The maximum Gasteiger partial charge on any atom is 0.123 e. The van der Waals surface area contributed by atoms with Crippen molar-refractivity contribution in [1.82, 2.24) is 5.32 Å². The van der Waals surface area contributed by atoms with Gasteiger partial charge in [0.15, 0.2) is 0 Å². The van der Waals surface area contributed by atoms with Crippen LogP contribution in [0.25, 0.3) is 0 Å². The van der Waals surface area contributed by atoms with Crippen LogP contribution in [0.1, 0.15) is 36.6 Å². The van der Waals surface area contributed by atoms with Gasteiger partial charge >= 0.3 is 0 Å². The third-order valence-corrected chi connectivity index (χ3v) is 4.04. The van der Waals surface area contributed by atoms with E-state index in [1.54, 1.807) is 6.07 Å². The van der Waals surface area contributed by atoms with E-state index in [1.165, 1.54) is 23.3 Å². The van der Waals surface area contributed by atoms with E-state index in [9.17, 15) is 4.39 Å². The maximum atomic E-state index is 13.4. The van der Waals surface area contributed by atoms with E-state index in [1.807, 2.05) is 0 Å². The molecule has 1 unspecified atom stereocenters. The van der Waals surface area contributed by atoms with Crippen LogP contribution in [-0.4, -0.2) is 6.54 Å². The molecule has 0 saturated carbocycles. The van der Waals surface area contributed by atoms with Gasteiger partial charge in [0, 0.05) is 11.1 Å². The van der Waals surface area contributed by atoms with Gasteiger partial charge in [0.2, 0.25) is 0 Å². The van der Waals surface area contributed by atoms with Gasteiger partial charge < -0.3 is 5.32 Å². The predicted octanol–water partition coefficient (Wildman–Crippen LogP) is 4.93. The Morgan fingerprint density at radius 1 is 1.10 bits per heavy atom. The molecule has 0 fully saturated rings. The van der Waals surface area contributed by atoms with Crippen LogP contribution in [0.4, 0.5) is 4.39 Å². The molecule has 1 atom stereocenters. The summed E-state index contributed by atoms with van der Waals surface area (Å²) in [6.07, 6.45) is 1.71. The first-order valence-corrected chi connectivity index (χ1v) is 7.78. The Kier molecular flexibility index (Phi) is 5.77. The molecular formula is C18H21ClFN. The molecule has 2 rings (SSSR count). The van der Waals surface area contributed by atoms with E-state index in [4.69, 9.17) is 11.6 Å². The smallest absolute Gasteiger partial charge is 0.123 e. The lowest BCUT2D eigenvalue weighted by molar-refractivity contribution is 0.546. The largest absolute Gasteiger partial charge is 0.310 e. The van der Waals surface area contributed by atoms with Gasteiger partial charge in [0.1, 0.15) is 5.82 Å². The maximum absolute atomic E-state index is 13.4. The predicted molar refractivity (Wildman–Crippen MR) is 87.4 cm³/mol. The second-order valence-corrected chi connectivity index (χ2v) is 5.55. The van der Waals surface area contributed by atoms with E-state index in [2.05, 4.69) is 43.4 Å². The monoisotopic (exact) mass is 305 g/mol. The van der Waals surface area contributed by atoms with Gasteiger partial charge in [-0.05, 0) is 54.3 Å². The van der Waals surface area contributed by atoms with Crippen molar-refractivity contribution in [1.29, 1.82) is 0 Å². The lowest BCUT2D eigenvalue weighted by Gasteiger charge is -2.19. The number of hydrogen-bond acceptors (Lipinski definition) is 1. The zero-order chi connectivity index (χ0) is 15.2. The Morgan fingerprint density at radius 3 is 2.43 bits per heavy atom. The summed E-state index contributed by atoms with van der Waals surface area (Å²) in [6.45, 7) is 5.07. The zero-order valence-corrected chi connectivity index (χ0v) is 13.3. The molecule has 112 valence electrons. The summed E-state index contributed by atoms with van der Waals surface area (Å²) < 4.78 is 13.4. The molecule has 21 heavy (non-hydrogen) atoms. The first-order valence-electron chi connectivity index (χ1n) is 7.40. The highest BCUT2D eigenvalue weighted by Crippen LogP contribution is 2.24. The minimum absolute atomic E-state index is 0.139. The van der Waals surface area contributed by atoms with Gasteiger partial charge in [-0.3, -0.25) is 0 Å². The lowest BCUT2D eigenvalue weighted by Crippen LogP contribution is -2.23. The Bertz CT molecular complexity index is 580. The van der Waals surface area contributed by atoms with E-state index < -0.39 is 0 Å². The summed E-state index contributed by atoms with van der Waals surface area (Å²) in [5.74, 6) is -0.244. The van der Waals surface area contributed by atoms with Crippen LogP contribution in [-0.2, 0) is 12.8 Å². The first-order chi connectivity index (χ1) is 10.1. The minimum atomic E-state index is -0.244. The van der Waals surface area contributed by atoms with Crippen LogP contribution < -0.4 is 5.32 Å². The van der Waals surface area contributed by atoms with E-state index in [0.717, 1.165) is 18.5 Å². The SMILES string of the molecule is CCNC(Cc1cc(F)ccc1Cl)c1ccc(CC)cc1. The molecule has 0 bridgehead atoms. The first kappa shape index (κ1) is 16.0. The van der Waals surface area contributed by atoms with Crippen molar-refractivity contribution in [2.75, 3.05) is 6.54 Å². The normalized spacial score (nSPS) is 12.4. The summed E-state index contributed by atoms with van der Waals surface area (Å²) in [6, 6.07) is 13.2. The van der Waals surface area contributed by atoms with Crippen LogP contribution in [0.15, 0.2) is 42.5 Å². The molecule has 3 heteroatoms. The van der Waals surface area contributed by atoms with Gasteiger partial charge in [-0.15, -0.1) is 0 Å². The molecule has 0 aliphatic carbocycles. The van der Waals surface area contributed by atoms with Crippen molar-refractivity contribution in [3.63, 3.8) is 0 Å². The fraction of sp³-hybridized carbons (Fsp3) is 0.333. The molecule has 1 N–H and O–H groups in total. The van der Waals surface area contributed by atoms with Crippen LogP contribution in [0.5, 0.6) is 0 Å². The minimum Gasteiger partial charge on any atom is -0.310 e. The van der Waals surface area contributed by atoms with Crippen LogP contribution in [0, 0.1) is 5.82 Å². The molecule has 2 aromatic rings. The van der Waals surface area contributed by atoms with E-state index >= 15 is 0 Å². The summed E-state index contributed by atoms with van der Waals surface area (Å²) in [5.41, 5.74) is 3.36. The number of rotatable bonds is 6. The number of nitrogens with one attached hydrogen (secondary N) is 1. The second kappa shape index (κ2) is 7.58. The van der Waals surface area contributed by atoms with Crippen molar-refractivity contribution >= 4 is 11.6 Å². The molecule has 0 spiro atoms. The van der Waals surface area contributed by atoms with Crippen LogP contribution >= 0.6 is 11.6 Å². The van der Waals surface area contributed by atoms with Gasteiger partial charge in [-0.25, -0.2) is 4.39 Å². The number of aryl methyl sites for hydroxylation is 1. The third-order valence-electron chi connectivity index (χ3n) is 3.67. The van der Waals surface area contributed by atoms with Gasteiger partial charge in [-0.2, -0.15) is 0 Å². The fourth-order valence-corrected chi connectivity index (χ4v) is 2.65. The topological polar surface area (TPSA) is 12.0 Å². The van der Waals surface area contributed by atoms with Crippen molar-refractivity contribution in [2.45, 2.75) is 32.7 Å². The fourth-order valence-electron chi connectivity index (χ4n) is 2.46. The molecule has 0 radical (unpaired) electrons. The van der Waals surface area contributed by atoms with Gasteiger partial charge in [0.25, 0.3) is 0 Å². The Labute approximate surface area is 131 Å². The zero-order valence-electron chi connectivity index (χ0n) is 12.5. The molecule has 0 amide bonds. The van der Waals surface area contributed by atoms with Crippen LogP contribution in [0.3, 0.4) is 0 Å². The molecule has 1 nitrogen and oxygen atoms in total. The van der Waals surface area contributed by atoms with Gasteiger partial charge in [0.05, 0.1) is 0 Å². The molecule has 0 aromatic heterocycles. The van der Waals surface area contributed by atoms with Crippen LogP contribution in [0.2, 0.25) is 5.02 Å². The second-order valence-electron chi connectivity index (χ2n) is 5.15. The Balaban J connectivity index is 2.23. The van der Waals surface area contributed by atoms with Crippen molar-refractivity contribution in [3.05, 3.63) is 70.0 Å². The highest BCUT2D eigenvalue weighted by Gasteiger charge is 2.13. The van der Waals surface area contributed by atoms with Crippen molar-refractivity contribution < 1.29 is 4.39 Å². The molecule has 2 aromatic carbocycles. The molecule has 0 aliphatic heterocycles. The quantitative estimate of drug-likeness (QED) is 0.797. The molecule has 0 saturated heterocycles. The highest BCUT2D eigenvalue weighted by atomic mass is 35.5. The highest BCUT2D eigenvalue weighted by molar-refractivity contribution is 6.31. The number of hydrogen-bond donors (Lipinski definition) is 1. The lowest BCUT2D eigenvalue weighted by atomic mass is 9.97.